The molecule has 0 unspecified atom stereocenters. The van der Waals surface area contributed by atoms with E-state index >= 15 is 0 Å². The second kappa shape index (κ2) is 3.62. The third-order valence-corrected chi connectivity index (χ3v) is 1.26. The van der Waals surface area contributed by atoms with Crippen molar-refractivity contribution < 1.29 is 0 Å². The van der Waals surface area contributed by atoms with E-state index in [0.717, 1.165) is 5.69 Å². The fourth-order valence-electron chi connectivity index (χ4n) is 0.714. The summed E-state index contributed by atoms with van der Waals surface area (Å²) in [5.41, 5.74) is 1.61. The van der Waals surface area contributed by atoms with Gasteiger partial charge < -0.3 is 5.32 Å². The molecule has 0 aliphatic carbocycles. The highest BCUT2D eigenvalue weighted by Crippen LogP contribution is 2.21. The number of hydrogen-bond donors (Lipinski definition) is 0. The Morgan fingerprint density at radius 2 is 1.91 bits per heavy atom. The SMILES string of the molecule is C=CC(=C)[N-]c1ccccc1. The molecule has 0 heterocycles. The Morgan fingerprint density at radius 1 is 1.27 bits per heavy atom. The van der Waals surface area contributed by atoms with Crippen LogP contribution < -0.4 is 0 Å². The molecule has 1 heteroatoms. The van der Waals surface area contributed by atoms with Crippen LogP contribution >= 0.6 is 0 Å². The maximum Gasteiger partial charge on any atom is -0.0624 e. The Kier molecular flexibility index (Phi) is 2.50. The van der Waals surface area contributed by atoms with Gasteiger partial charge in [-0.15, -0.1) is 24.5 Å². The molecule has 1 aromatic rings. The molecule has 0 saturated carbocycles. The van der Waals surface area contributed by atoms with Gasteiger partial charge in [-0.05, 0) is 0 Å². The van der Waals surface area contributed by atoms with Crippen LogP contribution in [0.3, 0.4) is 0 Å². The lowest BCUT2D eigenvalue weighted by Crippen LogP contribution is -1.69. The summed E-state index contributed by atoms with van der Waals surface area (Å²) in [5.74, 6) is 0. The van der Waals surface area contributed by atoms with Crippen molar-refractivity contribution in [2.75, 3.05) is 0 Å². The molecule has 1 rings (SSSR count). The van der Waals surface area contributed by atoms with Crippen LogP contribution in [-0.4, -0.2) is 0 Å². The highest BCUT2D eigenvalue weighted by Gasteiger charge is 1.74. The van der Waals surface area contributed by atoms with Crippen LogP contribution in [-0.2, 0) is 0 Å². The lowest BCUT2D eigenvalue weighted by molar-refractivity contribution is 1.60. The minimum absolute atomic E-state index is 0.691. The smallest absolute Gasteiger partial charge is 0.0624 e. The van der Waals surface area contributed by atoms with E-state index in [1.807, 2.05) is 30.3 Å². The zero-order valence-electron chi connectivity index (χ0n) is 6.33. The normalized spacial score (nSPS) is 8.73. The molecule has 1 nitrogen and oxygen atoms in total. The van der Waals surface area contributed by atoms with E-state index in [2.05, 4.69) is 18.5 Å². The first-order valence-electron chi connectivity index (χ1n) is 3.41. The molecule has 0 N–H and O–H groups in total. The predicted octanol–water partition coefficient (Wildman–Crippen LogP) is 3.39. The van der Waals surface area contributed by atoms with Crippen molar-refractivity contribution in [1.82, 2.24) is 0 Å². The van der Waals surface area contributed by atoms with Crippen LogP contribution in [0.1, 0.15) is 0 Å². The van der Waals surface area contributed by atoms with Crippen molar-refractivity contribution in [2.45, 2.75) is 0 Å². The topological polar surface area (TPSA) is 14.1 Å². The summed E-state index contributed by atoms with van der Waals surface area (Å²) in [7, 11) is 0. The molecule has 56 valence electrons. The fourth-order valence-corrected chi connectivity index (χ4v) is 0.714. The maximum atomic E-state index is 4.16. The van der Waals surface area contributed by atoms with E-state index in [1.54, 1.807) is 6.08 Å². The van der Waals surface area contributed by atoms with Crippen LogP contribution in [0, 0.1) is 0 Å². The summed E-state index contributed by atoms with van der Waals surface area (Å²) in [6, 6.07) is 9.68. The Hall–Kier alpha value is -1.50. The molecule has 0 bridgehead atoms. The average Bonchev–Trinajstić information content (AvgIpc) is 2.06. The Labute approximate surface area is 67.1 Å². The summed E-state index contributed by atoms with van der Waals surface area (Å²) in [5, 5.41) is 4.16. The van der Waals surface area contributed by atoms with Crippen molar-refractivity contribution in [3.63, 3.8) is 0 Å². The minimum Gasteiger partial charge on any atom is -0.658 e. The second-order valence-electron chi connectivity index (χ2n) is 2.14. The van der Waals surface area contributed by atoms with Gasteiger partial charge >= 0.3 is 0 Å². The van der Waals surface area contributed by atoms with Crippen molar-refractivity contribution in [3.05, 3.63) is 60.6 Å². The molecule has 0 aliphatic heterocycles. The van der Waals surface area contributed by atoms with Gasteiger partial charge in [-0.2, -0.15) is 0 Å². The first-order chi connectivity index (χ1) is 5.33. The van der Waals surface area contributed by atoms with Crippen molar-refractivity contribution >= 4 is 5.69 Å². The van der Waals surface area contributed by atoms with Crippen LogP contribution in [0.25, 0.3) is 5.32 Å². The Morgan fingerprint density at radius 3 is 2.45 bits per heavy atom. The molecule has 0 radical (unpaired) electrons. The van der Waals surface area contributed by atoms with E-state index in [1.165, 1.54) is 0 Å². The first-order valence-corrected chi connectivity index (χ1v) is 3.41. The first kappa shape index (κ1) is 7.61. The number of para-hydroxylation sites is 1. The minimum atomic E-state index is 0.691. The van der Waals surface area contributed by atoms with Gasteiger partial charge in [0.15, 0.2) is 0 Å². The van der Waals surface area contributed by atoms with Crippen LogP contribution in [0.2, 0.25) is 0 Å². The molecule has 0 saturated heterocycles. The summed E-state index contributed by atoms with van der Waals surface area (Å²) in [6.07, 6.45) is 1.63. The highest BCUT2D eigenvalue weighted by atomic mass is 14.9. The van der Waals surface area contributed by atoms with Crippen LogP contribution in [0.4, 0.5) is 5.69 Å². The van der Waals surface area contributed by atoms with Gasteiger partial charge in [-0.1, -0.05) is 36.4 Å². The standard InChI is InChI=1S/C10H10N/c1-3-9(2)11-10-7-5-4-6-8-10/h3-8H,1-2H2/q-1. The number of nitrogens with zero attached hydrogens (tertiary/aromatic N) is 1. The van der Waals surface area contributed by atoms with Crippen molar-refractivity contribution in [2.24, 2.45) is 0 Å². The molecule has 0 aliphatic rings. The van der Waals surface area contributed by atoms with E-state index in [0.29, 0.717) is 5.70 Å². The van der Waals surface area contributed by atoms with Crippen LogP contribution in [0.5, 0.6) is 0 Å². The van der Waals surface area contributed by atoms with Gasteiger partial charge in [-0.3, -0.25) is 0 Å². The third-order valence-electron chi connectivity index (χ3n) is 1.26. The van der Waals surface area contributed by atoms with Crippen molar-refractivity contribution in [3.8, 4) is 0 Å². The fraction of sp³-hybridized carbons (Fsp3) is 0. The highest BCUT2D eigenvalue weighted by molar-refractivity contribution is 5.55. The summed E-state index contributed by atoms with van der Waals surface area (Å²) in [6.45, 7) is 7.25. The van der Waals surface area contributed by atoms with Gasteiger partial charge in [0, 0.05) is 0 Å². The van der Waals surface area contributed by atoms with E-state index in [9.17, 15) is 0 Å². The quantitative estimate of drug-likeness (QED) is 0.577. The Bertz CT molecular complexity index is 249. The molecule has 11 heavy (non-hydrogen) atoms. The molecule has 0 atom stereocenters. The van der Waals surface area contributed by atoms with E-state index in [-0.39, 0.29) is 0 Å². The molecular weight excluding hydrogens is 134 g/mol. The zero-order valence-corrected chi connectivity index (χ0v) is 6.33. The number of rotatable bonds is 3. The molecule has 0 amide bonds. The van der Waals surface area contributed by atoms with Gasteiger partial charge in [0.1, 0.15) is 0 Å². The second-order valence-corrected chi connectivity index (χ2v) is 2.14. The Balaban J connectivity index is 2.65. The zero-order chi connectivity index (χ0) is 8.10. The molecule has 1 aromatic carbocycles. The summed E-state index contributed by atoms with van der Waals surface area (Å²) in [4.78, 5) is 0. The van der Waals surface area contributed by atoms with Gasteiger partial charge in [0.2, 0.25) is 0 Å². The van der Waals surface area contributed by atoms with E-state index < -0.39 is 0 Å². The molecular formula is C10H10N-. The van der Waals surface area contributed by atoms with Gasteiger partial charge in [0.25, 0.3) is 0 Å². The summed E-state index contributed by atoms with van der Waals surface area (Å²) < 4.78 is 0. The predicted molar refractivity (Wildman–Crippen MR) is 48.8 cm³/mol. The van der Waals surface area contributed by atoms with Crippen molar-refractivity contribution in [1.29, 1.82) is 0 Å². The monoisotopic (exact) mass is 144 g/mol. The lowest BCUT2D eigenvalue weighted by atomic mass is 10.3. The third kappa shape index (κ3) is 2.30. The summed E-state index contributed by atoms with van der Waals surface area (Å²) >= 11 is 0. The number of hydrogen-bond acceptors (Lipinski definition) is 0. The molecule has 0 fully saturated rings. The van der Waals surface area contributed by atoms with Gasteiger partial charge in [-0.25, -0.2) is 0 Å². The molecule has 0 aromatic heterocycles. The molecule has 0 spiro atoms. The lowest BCUT2D eigenvalue weighted by Gasteiger charge is -2.21. The van der Waals surface area contributed by atoms with E-state index in [4.69, 9.17) is 0 Å². The number of allylic oxidation sites excluding steroid dienone is 1. The largest absolute Gasteiger partial charge is 0.658 e. The van der Waals surface area contributed by atoms with Crippen LogP contribution in [0.15, 0.2) is 55.3 Å². The average molecular weight is 144 g/mol. The van der Waals surface area contributed by atoms with Gasteiger partial charge in [0.05, 0.1) is 0 Å². The maximum absolute atomic E-state index is 4.16. The number of benzene rings is 1.